The molecular weight excluding hydrogens is 366 g/mol. The van der Waals surface area contributed by atoms with Gasteiger partial charge in [0.25, 0.3) is 0 Å². The van der Waals surface area contributed by atoms with Gasteiger partial charge in [-0.15, -0.1) is 0 Å². The molecule has 2 aliphatic heterocycles. The number of hydrogen-bond acceptors (Lipinski definition) is 5. The lowest BCUT2D eigenvalue weighted by Gasteiger charge is -2.30. The van der Waals surface area contributed by atoms with Gasteiger partial charge in [0.15, 0.2) is 0 Å². The molecule has 0 bridgehead atoms. The molecule has 1 aromatic carbocycles. The second-order valence-corrected chi connectivity index (χ2v) is 9.60. The molecule has 2 aliphatic rings. The number of nitrogens with one attached hydrogen (secondary N) is 1. The van der Waals surface area contributed by atoms with Crippen LogP contribution >= 0.6 is 0 Å². The summed E-state index contributed by atoms with van der Waals surface area (Å²) >= 11 is 0. The Kier molecular flexibility index (Phi) is 6.08. The molecule has 1 N–H and O–H groups in total. The quantitative estimate of drug-likeness (QED) is 0.823. The van der Waals surface area contributed by atoms with Crippen LogP contribution in [-0.4, -0.2) is 63.3 Å². The van der Waals surface area contributed by atoms with Crippen LogP contribution in [0.25, 0.3) is 0 Å². The van der Waals surface area contributed by atoms with Crippen LogP contribution in [0.15, 0.2) is 18.2 Å². The molecular formula is C19H29N3O4S. The van der Waals surface area contributed by atoms with Gasteiger partial charge in [0.05, 0.1) is 19.0 Å². The molecule has 2 fully saturated rings. The van der Waals surface area contributed by atoms with Crippen molar-refractivity contribution in [1.82, 2.24) is 4.31 Å². The van der Waals surface area contributed by atoms with E-state index in [1.165, 1.54) is 4.31 Å². The highest BCUT2D eigenvalue weighted by Gasteiger charge is 2.40. The van der Waals surface area contributed by atoms with E-state index in [1.54, 1.807) is 0 Å². The van der Waals surface area contributed by atoms with Gasteiger partial charge in [0, 0.05) is 31.0 Å². The fraction of sp³-hybridized carbons (Fsp3) is 0.632. The summed E-state index contributed by atoms with van der Waals surface area (Å²) in [5.41, 5.74) is 2.79. The zero-order chi connectivity index (χ0) is 19.6. The predicted octanol–water partition coefficient (Wildman–Crippen LogP) is 1.83. The number of carbonyl (C=O) groups is 1. The summed E-state index contributed by atoms with van der Waals surface area (Å²) in [5, 5.41) is 2.95. The minimum absolute atomic E-state index is 0.106. The lowest BCUT2D eigenvalue weighted by atomic mass is 10.0. The number of benzene rings is 1. The number of rotatable bonds is 5. The summed E-state index contributed by atoms with van der Waals surface area (Å²) in [6, 6.07) is 5.26. The Bertz CT molecular complexity index is 788. The third-order valence-corrected chi connectivity index (χ3v) is 7.12. The van der Waals surface area contributed by atoms with E-state index in [0.717, 1.165) is 43.2 Å². The molecule has 2 heterocycles. The second kappa shape index (κ2) is 8.16. The molecule has 8 heteroatoms. The minimum Gasteiger partial charge on any atom is -0.378 e. The van der Waals surface area contributed by atoms with Crippen molar-refractivity contribution >= 4 is 27.3 Å². The summed E-state index contributed by atoms with van der Waals surface area (Å²) in [4.78, 5) is 15.2. The average molecular weight is 396 g/mol. The molecule has 150 valence electrons. The number of carbonyl (C=O) groups excluding carboxylic acids is 1. The molecule has 0 spiro atoms. The molecule has 27 heavy (non-hydrogen) atoms. The topological polar surface area (TPSA) is 79.0 Å². The highest BCUT2D eigenvalue weighted by molar-refractivity contribution is 7.89. The van der Waals surface area contributed by atoms with E-state index in [0.29, 0.717) is 13.0 Å². The van der Waals surface area contributed by atoms with E-state index in [4.69, 9.17) is 4.74 Å². The lowest BCUT2D eigenvalue weighted by molar-refractivity contribution is -0.120. The maximum atomic E-state index is 12.9. The van der Waals surface area contributed by atoms with E-state index in [1.807, 2.05) is 32.9 Å². The molecule has 7 nitrogen and oxygen atoms in total. The number of hydrogen-bond donors (Lipinski definition) is 1. The first-order chi connectivity index (χ1) is 12.8. The first-order valence-corrected chi connectivity index (χ1v) is 11.1. The molecule has 2 saturated heterocycles. The predicted molar refractivity (Wildman–Crippen MR) is 107 cm³/mol. The van der Waals surface area contributed by atoms with Gasteiger partial charge in [-0.1, -0.05) is 13.8 Å². The number of amides is 1. The second-order valence-electron chi connectivity index (χ2n) is 7.56. The monoisotopic (exact) mass is 395 g/mol. The number of nitrogens with zero attached hydrogens (tertiary/aromatic N) is 2. The number of anilines is 2. The Labute approximate surface area is 161 Å². The van der Waals surface area contributed by atoms with Crippen molar-refractivity contribution in [3.8, 4) is 0 Å². The van der Waals surface area contributed by atoms with E-state index < -0.39 is 16.1 Å². The van der Waals surface area contributed by atoms with E-state index in [2.05, 4.69) is 16.3 Å². The smallest absolute Gasteiger partial charge is 0.243 e. The molecule has 0 saturated carbocycles. The molecule has 1 amide bonds. The third-order valence-electron chi connectivity index (χ3n) is 5.19. The minimum atomic E-state index is -3.35. The van der Waals surface area contributed by atoms with Gasteiger partial charge in [0.1, 0.15) is 6.04 Å². The Hall–Kier alpha value is -1.64. The number of aryl methyl sites for hydroxylation is 1. The SMILES string of the molecule is Cc1cc(N2CCOCC2)ccc1NC(=O)C(C(C)C)N1CCCS1(=O)=O. The van der Waals surface area contributed by atoms with Gasteiger partial charge in [-0.25, -0.2) is 8.42 Å². The Balaban J connectivity index is 1.75. The maximum absolute atomic E-state index is 12.9. The zero-order valence-corrected chi connectivity index (χ0v) is 17.1. The van der Waals surface area contributed by atoms with Gasteiger partial charge >= 0.3 is 0 Å². The van der Waals surface area contributed by atoms with Crippen molar-refractivity contribution in [2.24, 2.45) is 5.92 Å². The Morgan fingerprint density at radius 3 is 2.44 bits per heavy atom. The van der Waals surface area contributed by atoms with Crippen LogP contribution in [0.1, 0.15) is 25.8 Å². The van der Waals surface area contributed by atoms with Crippen LogP contribution in [0.5, 0.6) is 0 Å². The number of ether oxygens (including phenoxy) is 1. The van der Waals surface area contributed by atoms with Crippen LogP contribution in [0.3, 0.4) is 0 Å². The average Bonchev–Trinajstić information content (AvgIpc) is 2.96. The largest absolute Gasteiger partial charge is 0.378 e. The molecule has 0 radical (unpaired) electrons. The summed E-state index contributed by atoms with van der Waals surface area (Å²) in [6.07, 6.45) is 0.576. The van der Waals surface area contributed by atoms with Gasteiger partial charge in [-0.2, -0.15) is 4.31 Å². The summed E-state index contributed by atoms with van der Waals surface area (Å²) in [7, 11) is -3.35. The summed E-state index contributed by atoms with van der Waals surface area (Å²) in [6.45, 7) is 9.28. The third kappa shape index (κ3) is 4.44. The van der Waals surface area contributed by atoms with Crippen LogP contribution in [0.4, 0.5) is 11.4 Å². The van der Waals surface area contributed by atoms with Crippen molar-refractivity contribution in [3.63, 3.8) is 0 Å². The van der Waals surface area contributed by atoms with Crippen LogP contribution in [0.2, 0.25) is 0 Å². The normalized spacial score (nSPS) is 21.4. The molecule has 1 atom stereocenters. The van der Waals surface area contributed by atoms with Crippen LogP contribution < -0.4 is 10.2 Å². The molecule has 3 rings (SSSR count). The molecule has 0 aromatic heterocycles. The molecule has 1 aromatic rings. The number of morpholine rings is 1. The zero-order valence-electron chi connectivity index (χ0n) is 16.3. The van der Waals surface area contributed by atoms with Crippen LogP contribution in [0, 0.1) is 12.8 Å². The lowest BCUT2D eigenvalue weighted by Crippen LogP contribution is -2.48. The van der Waals surface area contributed by atoms with Gasteiger partial charge in [0.2, 0.25) is 15.9 Å². The standard InChI is InChI=1S/C19H29N3O4S/c1-14(2)18(22-7-4-12-27(22,24)25)19(23)20-17-6-5-16(13-15(17)3)21-8-10-26-11-9-21/h5-6,13-14,18H,4,7-12H2,1-3H3,(H,20,23). The van der Waals surface area contributed by atoms with Gasteiger partial charge < -0.3 is 15.0 Å². The molecule has 1 unspecified atom stereocenters. The van der Waals surface area contributed by atoms with Crippen molar-refractivity contribution in [2.45, 2.75) is 33.2 Å². The fourth-order valence-corrected chi connectivity index (χ4v) is 5.57. The van der Waals surface area contributed by atoms with E-state index in [9.17, 15) is 13.2 Å². The highest BCUT2D eigenvalue weighted by Crippen LogP contribution is 2.26. The van der Waals surface area contributed by atoms with Crippen molar-refractivity contribution in [1.29, 1.82) is 0 Å². The van der Waals surface area contributed by atoms with Crippen molar-refractivity contribution in [3.05, 3.63) is 23.8 Å². The van der Waals surface area contributed by atoms with E-state index >= 15 is 0 Å². The fourth-order valence-electron chi connectivity index (χ4n) is 3.75. The Morgan fingerprint density at radius 1 is 1.19 bits per heavy atom. The Morgan fingerprint density at radius 2 is 1.89 bits per heavy atom. The first-order valence-electron chi connectivity index (χ1n) is 9.53. The maximum Gasteiger partial charge on any atom is 0.243 e. The van der Waals surface area contributed by atoms with Crippen LogP contribution in [-0.2, 0) is 19.6 Å². The van der Waals surface area contributed by atoms with Crippen molar-refractivity contribution < 1.29 is 17.9 Å². The van der Waals surface area contributed by atoms with Gasteiger partial charge in [-0.05, 0) is 43.0 Å². The van der Waals surface area contributed by atoms with E-state index in [-0.39, 0.29) is 17.6 Å². The first kappa shape index (κ1) is 20.1. The van der Waals surface area contributed by atoms with Gasteiger partial charge in [-0.3, -0.25) is 4.79 Å². The summed E-state index contributed by atoms with van der Waals surface area (Å²) in [5.74, 6) is -0.250. The molecule has 0 aliphatic carbocycles. The number of sulfonamides is 1. The summed E-state index contributed by atoms with van der Waals surface area (Å²) < 4.78 is 31.3. The highest BCUT2D eigenvalue weighted by atomic mass is 32.2. The van der Waals surface area contributed by atoms with Crippen molar-refractivity contribution in [2.75, 3.05) is 48.8 Å².